The Balaban J connectivity index is 2.24. The van der Waals surface area contributed by atoms with Crippen molar-refractivity contribution in [1.29, 1.82) is 0 Å². The Kier molecular flexibility index (Phi) is 36.2. The summed E-state index contributed by atoms with van der Waals surface area (Å²) < 4.78 is 58.9. The second kappa shape index (κ2) is 38.7. The van der Waals surface area contributed by atoms with E-state index in [0.717, 1.165) is 64.2 Å². The third-order valence-electron chi connectivity index (χ3n) is 10.5. The van der Waals surface area contributed by atoms with Gasteiger partial charge in [-0.1, -0.05) is 172 Å². The molecule has 0 bridgehead atoms. The Morgan fingerprint density at radius 1 is 0.650 bits per heavy atom. The predicted octanol–water partition coefficient (Wildman–Crippen LogP) is 9.97. The van der Waals surface area contributed by atoms with Crippen LogP contribution in [0.3, 0.4) is 0 Å². The molecule has 1 fully saturated rings. The van der Waals surface area contributed by atoms with E-state index in [2.05, 4.69) is 66.6 Å². The first-order chi connectivity index (χ1) is 29.1. The molecule has 6 unspecified atom stereocenters. The number of rotatable bonds is 40. The van der Waals surface area contributed by atoms with Gasteiger partial charge in [0.15, 0.2) is 6.29 Å². The van der Waals surface area contributed by atoms with Crippen molar-refractivity contribution in [3.63, 3.8) is 0 Å². The number of aliphatic hydroxyl groups excluding tert-OH is 3. The zero-order valence-corrected chi connectivity index (χ0v) is 38.1. The van der Waals surface area contributed by atoms with Crippen LogP contribution in [0.25, 0.3) is 0 Å². The van der Waals surface area contributed by atoms with Crippen molar-refractivity contribution >= 4 is 16.4 Å². The normalized spacial score (nSPS) is 20.7. The molecule has 0 saturated carbocycles. The first kappa shape index (κ1) is 56.1. The maximum Gasteiger partial charge on any atom is 0.397 e. The fourth-order valence-electron chi connectivity index (χ4n) is 6.96. The lowest BCUT2D eigenvalue weighted by atomic mass is 9.99. The van der Waals surface area contributed by atoms with Gasteiger partial charge in [0.2, 0.25) is 0 Å². The highest BCUT2D eigenvalue weighted by Crippen LogP contribution is 2.26. The number of ether oxygens (including phenoxy) is 4. The first-order valence-electron chi connectivity index (χ1n) is 23.4. The molecule has 0 spiro atoms. The summed E-state index contributed by atoms with van der Waals surface area (Å²) in [6.45, 7) is 3.82. The quantitative estimate of drug-likeness (QED) is 0.0199. The lowest BCUT2D eigenvalue weighted by Crippen LogP contribution is -2.60. The molecular weight excluding hydrogens is 789 g/mol. The molecule has 1 aliphatic heterocycles. The smallest absolute Gasteiger partial charge is 0.397 e. The second-order valence-electron chi connectivity index (χ2n) is 16.0. The third-order valence-corrected chi connectivity index (χ3v) is 10.9. The molecule has 0 aromatic carbocycles. The molecule has 13 heteroatoms. The van der Waals surface area contributed by atoms with Crippen molar-refractivity contribution in [3.8, 4) is 0 Å². The second-order valence-corrected chi connectivity index (χ2v) is 17.0. The fraction of sp³-hybridized carbons (Fsp3) is 0.809. The summed E-state index contributed by atoms with van der Waals surface area (Å²) in [7, 11) is -5.06. The van der Waals surface area contributed by atoms with Crippen LogP contribution in [0, 0.1) is 0 Å². The highest BCUT2D eigenvalue weighted by atomic mass is 32.3. The number of esters is 1. The molecular formula is C47H84O12S. The number of aliphatic hydroxyl groups is 3. The topological polar surface area (TPSA) is 178 Å². The molecule has 0 aliphatic carbocycles. The number of hydrogen-bond acceptors (Lipinski definition) is 11. The number of carbonyl (C=O) groups is 1. The van der Waals surface area contributed by atoms with Gasteiger partial charge < -0.3 is 34.3 Å². The zero-order chi connectivity index (χ0) is 43.9. The summed E-state index contributed by atoms with van der Waals surface area (Å²) in [5, 5.41) is 30.6. The standard InChI is InChI=1S/C47H84O12S/c1-3-5-7-9-11-12-13-14-15-16-17-18-19-20-21-22-23-24-25-26-27-28-29-31-33-35-37-55-39-41(57-43(49)36-34-32-30-10-8-6-4-2)40-56-47-45(51)46(59-60(52,53)54)44(50)42(38-48)58-47/h5,7,11-12,14-15,17-18,41-42,44-48,50-51H,3-4,6,8-10,13,16,19-40H2,1-2H3,(H,52,53,54)/b7-5-,12-11-,15-14-,18-17-. The molecule has 0 aromatic heterocycles. The minimum Gasteiger partial charge on any atom is -0.457 e. The Morgan fingerprint density at radius 2 is 1.15 bits per heavy atom. The molecule has 4 N–H and O–H groups in total. The van der Waals surface area contributed by atoms with Gasteiger partial charge in [-0.2, -0.15) is 8.42 Å². The summed E-state index contributed by atoms with van der Waals surface area (Å²) in [4.78, 5) is 12.7. The fourth-order valence-corrected chi connectivity index (χ4v) is 7.47. The molecule has 1 aliphatic rings. The van der Waals surface area contributed by atoms with Crippen LogP contribution in [0.2, 0.25) is 0 Å². The summed E-state index contributed by atoms with van der Waals surface area (Å²) >= 11 is 0. The van der Waals surface area contributed by atoms with Crippen LogP contribution in [0.5, 0.6) is 0 Å². The molecule has 1 heterocycles. The SMILES string of the molecule is CC/C=C\C/C=C\C/C=C\C/C=C\CCCCCCCCCCCCCCCOCC(COC1OC(CO)C(O)C(OS(=O)(=O)O)C1O)OC(=O)CCCCCCCCC. The summed E-state index contributed by atoms with van der Waals surface area (Å²) in [6, 6.07) is 0. The highest BCUT2D eigenvalue weighted by molar-refractivity contribution is 7.80. The monoisotopic (exact) mass is 873 g/mol. The van der Waals surface area contributed by atoms with E-state index in [1.165, 1.54) is 89.9 Å². The van der Waals surface area contributed by atoms with Gasteiger partial charge >= 0.3 is 16.4 Å². The minimum atomic E-state index is -5.06. The molecule has 350 valence electrons. The van der Waals surface area contributed by atoms with Crippen LogP contribution in [0.1, 0.15) is 181 Å². The predicted molar refractivity (Wildman–Crippen MR) is 239 cm³/mol. The maximum atomic E-state index is 12.7. The van der Waals surface area contributed by atoms with Gasteiger partial charge in [0.05, 0.1) is 19.8 Å². The van der Waals surface area contributed by atoms with Crippen molar-refractivity contribution in [1.82, 2.24) is 0 Å². The molecule has 0 radical (unpaired) electrons. The van der Waals surface area contributed by atoms with E-state index in [1.54, 1.807) is 0 Å². The first-order valence-corrected chi connectivity index (χ1v) is 24.8. The summed E-state index contributed by atoms with van der Waals surface area (Å²) in [6.07, 6.45) is 37.6. The molecule has 6 atom stereocenters. The molecule has 0 amide bonds. The van der Waals surface area contributed by atoms with Gasteiger partial charge in [-0.05, 0) is 51.4 Å². The van der Waals surface area contributed by atoms with Gasteiger partial charge in [-0.15, -0.1) is 0 Å². The Bertz CT molecular complexity index is 1240. The molecule has 60 heavy (non-hydrogen) atoms. The van der Waals surface area contributed by atoms with Crippen LogP contribution >= 0.6 is 0 Å². The van der Waals surface area contributed by atoms with Crippen molar-refractivity contribution in [3.05, 3.63) is 48.6 Å². The summed E-state index contributed by atoms with van der Waals surface area (Å²) in [5.41, 5.74) is 0. The van der Waals surface area contributed by atoms with E-state index >= 15 is 0 Å². The van der Waals surface area contributed by atoms with Crippen molar-refractivity contribution < 1.29 is 56.2 Å². The van der Waals surface area contributed by atoms with Gasteiger partial charge in [0, 0.05) is 13.0 Å². The van der Waals surface area contributed by atoms with E-state index in [-0.39, 0.29) is 19.6 Å². The third kappa shape index (κ3) is 31.8. The maximum absolute atomic E-state index is 12.7. The largest absolute Gasteiger partial charge is 0.457 e. The Hall–Kier alpha value is -1.94. The van der Waals surface area contributed by atoms with Crippen LogP contribution in [0.4, 0.5) is 0 Å². The van der Waals surface area contributed by atoms with E-state index in [9.17, 15) is 28.5 Å². The van der Waals surface area contributed by atoms with Gasteiger partial charge in [0.1, 0.15) is 30.5 Å². The Morgan fingerprint density at radius 3 is 1.68 bits per heavy atom. The molecule has 12 nitrogen and oxygen atoms in total. The average Bonchev–Trinajstić information content (AvgIpc) is 3.22. The van der Waals surface area contributed by atoms with Crippen molar-refractivity contribution in [2.45, 2.75) is 218 Å². The molecule has 1 rings (SSSR count). The minimum absolute atomic E-state index is 0.0356. The van der Waals surface area contributed by atoms with Crippen LogP contribution < -0.4 is 0 Å². The number of allylic oxidation sites excluding steroid dienone is 8. The van der Waals surface area contributed by atoms with Gasteiger partial charge in [-0.25, -0.2) is 4.18 Å². The number of hydrogen-bond donors (Lipinski definition) is 4. The van der Waals surface area contributed by atoms with E-state index in [0.29, 0.717) is 13.0 Å². The Labute approximate surface area is 364 Å². The van der Waals surface area contributed by atoms with E-state index < -0.39 is 59.8 Å². The number of unbranched alkanes of at least 4 members (excludes halogenated alkanes) is 19. The van der Waals surface area contributed by atoms with Gasteiger partial charge in [0.25, 0.3) is 0 Å². The zero-order valence-electron chi connectivity index (χ0n) is 37.3. The lowest BCUT2D eigenvalue weighted by Gasteiger charge is -2.41. The van der Waals surface area contributed by atoms with Crippen molar-refractivity contribution in [2.24, 2.45) is 0 Å². The van der Waals surface area contributed by atoms with Crippen molar-refractivity contribution in [2.75, 3.05) is 26.4 Å². The summed E-state index contributed by atoms with van der Waals surface area (Å²) in [5.74, 6) is -0.407. The lowest BCUT2D eigenvalue weighted by molar-refractivity contribution is -0.301. The average molecular weight is 873 g/mol. The molecule has 1 saturated heterocycles. The van der Waals surface area contributed by atoms with Crippen LogP contribution in [-0.4, -0.2) is 97.5 Å². The van der Waals surface area contributed by atoms with Gasteiger partial charge in [-0.3, -0.25) is 9.35 Å². The number of carbonyl (C=O) groups excluding carboxylic acids is 1. The van der Waals surface area contributed by atoms with Crippen LogP contribution in [0.15, 0.2) is 48.6 Å². The van der Waals surface area contributed by atoms with Crippen LogP contribution in [-0.2, 0) is 38.3 Å². The van der Waals surface area contributed by atoms with E-state index in [4.69, 9.17) is 23.5 Å². The highest BCUT2D eigenvalue weighted by Gasteiger charge is 2.48. The van der Waals surface area contributed by atoms with E-state index in [1.807, 2.05) is 0 Å². The molecule has 0 aromatic rings.